The molecule has 112 valence electrons. The zero-order valence-corrected chi connectivity index (χ0v) is 11.1. The summed E-state index contributed by atoms with van der Waals surface area (Å²) in [6, 6.07) is 3.33. The summed E-state index contributed by atoms with van der Waals surface area (Å²) in [5.41, 5.74) is 4.67. The van der Waals surface area contributed by atoms with Crippen molar-refractivity contribution in [3.63, 3.8) is 0 Å². The molecular weight excluding hydrogens is 275 g/mol. The van der Waals surface area contributed by atoms with E-state index in [1.165, 1.54) is 6.07 Å². The lowest BCUT2D eigenvalue weighted by atomic mass is 9.75. The number of aliphatic carboxylic acids is 1. The Kier molecular flexibility index (Phi) is 4.52. The van der Waals surface area contributed by atoms with Gasteiger partial charge in [0.15, 0.2) is 0 Å². The molecule has 0 fully saturated rings. The Morgan fingerprint density at radius 3 is 2.25 bits per heavy atom. The molecule has 0 amide bonds. The van der Waals surface area contributed by atoms with Crippen LogP contribution >= 0.6 is 0 Å². The highest BCUT2D eigenvalue weighted by Gasteiger charge is 2.39. The van der Waals surface area contributed by atoms with Crippen molar-refractivity contribution in [3.8, 4) is 5.75 Å². The van der Waals surface area contributed by atoms with Crippen LogP contribution in [-0.2, 0) is 10.2 Å². The number of carbonyl (C=O) groups is 1. The number of halogens is 3. The molecule has 0 unspecified atom stereocenters. The monoisotopic (exact) mass is 291 g/mol. The van der Waals surface area contributed by atoms with E-state index in [-0.39, 0.29) is 24.1 Å². The van der Waals surface area contributed by atoms with E-state index in [1.807, 2.05) is 0 Å². The summed E-state index contributed by atoms with van der Waals surface area (Å²) in [7, 11) is 0. The minimum absolute atomic E-state index is 0.130. The van der Waals surface area contributed by atoms with Crippen molar-refractivity contribution in [1.82, 2.24) is 0 Å². The molecule has 0 spiro atoms. The molecule has 0 radical (unpaired) electrons. The van der Waals surface area contributed by atoms with Gasteiger partial charge in [0.05, 0.1) is 5.41 Å². The number of hydrogen-bond acceptors (Lipinski definition) is 3. The first kappa shape index (κ1) is 16.1. The molecule has 20 heavy (non-hydrogen) atoms. The topological polar surface area (TPSA) is 72.5 Å². The minimum atomic E-state index is -4.84. The third-order valence-electron chi connectivity index (χ3n) is 3.39. The summed E-state index contributed by atoms with van der Waals surface area (Å²) < 4.78 is 40.5. The third-order valence-corrected chi connectivity index (χ3v) is 3.39. The lowest BCUT2D eigenvalue weighted by Gasteiger charge is -2.29. The molecule has 3 N–H and O–H groups in total. The molecule has 0 heterocycles. The van der Waals surface area contributed by atoms with Crippen LogP contribution in [0.2, 0.25) is 0 Å². The predicted octanol–water partition coefficient (Wildman–Crippen LogP) is 3.31. The number of nitrogens with two attached hydrogens (primary N) is 1. The van der Waals surface area contributed by atoms with Crippen LogP contribution in [0.25, 0.3) is 0 Å². The number of alkyl halides is 3. The molecule has 1 aromatic carbocycles. The van der Waals surface area contributed by atoms with Gasteiger partial charge in [-0.25, -0.2) is 0 Å². The Hall–Kier alpha value is -1.92. The van der Waals surface area contributed by atoms with E-state index in [4.69, 9.17) is 5.73 Å². The normalized spacial score (nSPS) is 12.2. The summed E-state index contributed by atoms with van der Waals surface area (Å²) in [4.78, 5) is 11.5. The summed E-state index contributed by atoms with van der Waals surface area (Å²) >= 11 is 0. The van der Waals surface area contributed by atoms with E-state index in [2.05, 4.69) is 4.74 Å². The maximum absolute atomic E-state index is 12.2. The summed E-state index contributed by atoms with van der Waals surface area (Å²) in [6.45, 7) is 3.29. The molecule has 4 nitrogen and oxygen atoms in total. The molecule has 1 aromatic rings. The molecule has 0 bridgehead atoms. The molecule has 7 heteroatoms. The highest BCUT2D eigenvalue weighted by atomic mass is 19.4. The van der Waals surface area contributed by atoms with Gasteiger partial charge >= 0.3 is 12.3 Å². The van der Waals surface area contributed by atoms with E-state index in [9.17, 15) is 23.1 Å². The van der Waals surface area contributed by atoms with Crippen molar-refractivity contribution in [2.45, 2.75) is 38.5 Å². The van der Waals surface area contributed by atoms with Gasteiger partial charge in [0, 0.05) is 5.69 Å². The van der Waals surface area contributed by atoms with Gasteiger partial charge in [-0.2, -0.15) is 0 Å². The maximum Gasteiger partial charge on any atom is 0.573 e. The Labute approximate surface area is 114 Å². The van der Waals surface area contributed by atoms with Crippen molar-refractivity contribution in [1.29, 1.82) is 0 Å². The first-order chi connectivity index (χ1) is 9.16. The molecule has 0 aromatic heterocycles. The molecule has 0 aliphatic rings. The second-order valence-corrected chi connectivity index (χ2v) is 4.39. The number of ether oxygens (including phenoxy) is 1. The number of hydrogen-bond donors (Lipinski definition) is 2. The van der Waals surface area contributed by atoms with Gasteiger partial charge in [-0.15, -0.1) is 13.2 Å². The first-order valence-electron chi connectivity index (χ1n) is 6.05. The predicted molar refractivity (Wildman–Crippen MR) is 67.4 cm³/mol. The highest BCUT2D eigenvalue weighted by molar-refractivity contribution is 5.84. The Morgan fingerprint density at radius 2 is 1.85 bits per heavy atom. The van der Waals surface area contributed by atoms with Crippen LogP contribution in [-0.4, -0.2) is 17.4 Å². The summed E-state index contributed by atoms with van der Waals surface area (Å²) in [5.74, 6) is -1.60. The van der Waals surface area contributed by atoms with Crippen LogP contribution in [0, 0.1) is 0 Å². The van der Waals surface area contributed by atoms with Gasteiger partial charge in [0.2, 0.25) is 0 Å². The summed E-state index contributed by atoms with van der Waals surface area (Å²) in [5, 5.41) is 9.41. The Bertz CT molecular complexity index is 496. The van der Waals surface area contributed by atoms with Crippen LogP contribution in [0.15, 0.2) is 18.2 Å². The average Bonchev–Trinajstić information content (AvgIpc) is 2.33. The number of nitrogen functional groups attached to an aromatic ring is 1. The smallest absolute Gasteiger partial charge is 0.481 e. The highest BCUT2D eigenvalue weighted by Crippen LogP contribution is 2.38. The van der Waals surface area contributed by atoms with Crippen molar-refractivity contribution in [2.75, 3.05) is 5.73 Å². The van der Waals surface area contributed by atoms with Gasteiger partial charge in [0.1, 0.15) is 5.75 Å². The quantitative estimate of drug-likeness (QED) is 0.816. The average molecular weight is 291 g/mol. The van der Waals surface area contributed by atoms with Crippen molar-refractivity contribution in [3.05, 3.63) is 23.8 Å². The van der Waals surface area contributed by atoms with E-state index < -0.39 is 23.5 Å². The molecule has 0 saturated carbocycles. The number of benzene rings is 1. The van der Waals surface area contributed by atoms with Crippen LogP contribution in [0.1, 0.15) is 32.3 Å². The lowest BCUT2D eigenvalue weighted by Crippen LogP contribution is -2.35. The Balaban J connectivity index is 3.35. The molecule has 0 aliphatic heterocycles. The molecule has 0 atom stereocenters. The number of anilines is 1. The number of carboxylic acid groups (broad SMARTS) is 1. The molecule has 0 aliphatic carbocycles. The maximum atomic E-state index is 12.2. The van der Waals surface area contributed by atoms with Crippen LogP contribution in [0.3, 0.4) is 0 Å². The molecular formula is C13H16F3NO3. The second kappa shape index (κ2) is 5.60. The summed E-state index contributed by atoms with van der Waals surface area (Å²) in [6.07, 6.45) is -4.42. The standard InChI is InChI=1S/C13H16F3NO3/c1-3-12(4-2,11(18)19)9-7-8(5-6-10(9)17)20-13(14,15)16/h5-7H,3-4,17H2,1-2H3,(H,18,19). The molecule has 0 saturated heterocycles. The van der Waals surface area contributed by atoms with Gasteiger partial charge in [-0.3, -0.25) is 4.79 Å². The van der Waals surface area contributed by atoms with E-state index in [0.717, 1.165) is 12.1 Å². The lowest BCUT2D eigenvalue weighted by molar-refractivity contribution is -0.274. The third kappa shape index (κ3) is 3.15. The fourth-order valence-corrected chi connectivity index (χ4v) is 2.20. The van der Waals surface area contributed by atoms with Crippen LogP contribution < -0.4 is 10.5 Å². The van der Waals surface area contributed by atoms with Crippen LogP contribution in [0.4, 0.5) is 18.9 Å². The van der Waals surface area contributed by atoms with Gasteiger partial charge < -0.3 is 15.6 Å². The van der Waals surface area contributed by atoms with Gasteiger partial charge in [-0.1, -0.05) is 13.8 Å². The fraction of sp³-hybridized carbons (Fsp3) is 0.462. The van der Waals surface area contributed by atoms with Crippen LogP contribution in [0.5, 0.6) is 5.75 Å². The number of carboxylic acids is 1. The van der Waals surface area contributed by atoms with E-state index in [0.29, 0.717) is 0 Å². The van der Waals surface area contributed by atoms with Crippen molar-refractivity contribution in [2.24, 2.45) is 0 Å². The van der Waals surface area contributed by atoms with Gasteiger partial charge in [0.25, 0.3) is 0 Å². The SMILES string of the molecule is CCC(CC)(C(=O)O)c1cc(OC(F)(F)F)ccc1N. The minimum Gasteiger partial charge on any atom is -0.481 e. The van der Waals surface area contributed by atoms with E-state index in [1.54, 1.807) is 13.8 Å². The zero-order chi connectivity index (χ0) is 15.6. The number of rotatable bonds is 5. The van der Waals surface area contributed by atoms with E-state index >= 15 is 0 Å². The largest absolute Gasteiger partial charge is 0.573 e. The second-order valence-electron chi connectivity index (χ2n) is 4.39. The Morgan fingerprint density at radius 1 is 1.30 bits per heavy atom. The van der Waals surface area contributed by atoms with Crippen molar-refractivity contribution >= 4 is 11.7 Å². The fourth-order valence-electron chi connectivity index (χ4n) is 2.20. The van der Waals surface area contributed by atoms with Gasteiger partial charge in [-0.05, 0) is 36.6 Å². The molecule has 1 rings (SSSR count). The zero-order valence-electron chi connectivity index (χ0n) is 11.1. The first-order valence-corrected chi connectivity index (χ1v) is 6.05. The van der Waals surface area contributed by atoms with Crippen molar-refractivity contribution < 1.29 is 27.8 Å².